The number of hydrogen-bond donors (Lipinski definition) is 1. The Hall–Kier alpha value is -0.130. The summed E-state index contributed by atoms with van der Waals surface area (Å²) in [6.45, 7) is 8.74. The number of nitrogens with zero attached hydrogens (tertiary/aromatic N) is 1. The summed E-state index contributed by atoms with van der Waals surface area (Å²) in [7, 11) is 0. The van der Waals surface area contributed by atoms with Gasteiger partial charge in [0.05, 0.1) is 18.6 Å². The molecular formula is C19H31BrN2O2. The first-order valence-corrected chi connectivity index (χ1v) is 10.4. The molecule has 136 valence electrons. The van der Waals surface area contributed by atoms with E-state index in [0.717, 1.165) is 63.9 Å². The highest BCUT2D eigenvalue weighted by Gasteiger charge is 2.59. The van der Waals surface area contributed by atoms with Crippen LogP contribution in [0.3, 0.4) is 0 Å². The molecule has 0 aromatic rings. The highest BCUT2D eigenvalue weighted by molar-refractivity contribution is 9.10. The van der Waals surface area contributed by atoms with Gasteiger partial charge in [0.25, 0.3) is 0 Å². The quantitative estimate of drug-likeness (QED) is 0.740. The van der Waals surface area contributed by atoms with Gasteiger partial charge in [0.15, 0.2) is 0 Å². The van der Waals surface area contributed by atoms with Gasteiger partial charge in [-0.2, -0.15) is 0 Å². The molecule has 5 fully saturated rings. The zero-order valence-electron chi connectivity index (χ0n) is 15.1. The van der Waals surface area contributed by atoms with Crippen LogP contribution in [0.5, 0.6) is 0 Å². The van der Waals surface area contributed by atoms with E-state index in [1.54, 1.807) is 0 Å². The van der Waals surface area contributed by atoms with E-state index in [4.69, 9.17) is 4.74 Å². The van der Waals surface area contributed by atoms with Crippen LogP contribution in [0.2, 0.25) is 0 Å². The van der Waals surface area contributed by atoms with E-state index in [9.17, 15) is 4.79 Å². The second kappa shape index (κ2) is 5.95. The minimum absolute atomic E-state index is 0.00613. The van der Waals surface area contributed by atoms with E-state index < -0.39 is 0 Å². The summed E-state index contributed by atoms with van der Waals surface area (Å²) in [4.78, 5) is 15.6. The molecular weight excluding hydrogens is 368 g/mol. The third kappa shape index (κ3) is 3.05. The van der Waals surface area contributed by atoms with E-state index in [2.05, 4.69) is 40.0 Å². The summed E-state index contributed by atoms with van der Waals surface area (Å²) >= 11 is 4.01. The second-order valence-electron chi connectivity index (χ2n) is 9.49. The number of ether oxygens (including phenoxy) is 1. The number of halogens is 1. The van der Waals surface area contributed by atoms with E-state index in [1.807, 2.05) is 0 Å². The standard InChI is InChI=1S/C19H31BrN2O2/c1-17(2,22-3-5-24-6-4-22)13-21-16(23)18-8-14-7-15(9-18)11-19(20,10-14)12-18/h14-15H,3-13H2,1-2H3,(H,21,23). The van der Waals surface area contributed by atoms with Crippen molar-refractivity contribution in [3.05, 3.63) is 0 Å². The predicted molar refractivity (Wildman–Crippen MR) is 98.3 cm³/mol. The molecule has 1 N–H and O–H groups in total. The monoisotopic (exact) mass is 398 g/mol. The third-order valence-corrected chi connectivity index (χ3v) is 7.95. The van der Waals surface area contributed by atoms with E-state index >= 15 is 0 Å². The van der Waals surface area contributed by atoms with Crippen molar-refractivity contribution < 1.29 is 9.53 Å². The van der Waals surface area contributed by atoms with Crippen molar-refractivity contribution in [2.75, 3.05) is 32.8 Å². The molecule has 5 rings (SSSR count). The lowest BCUT2D eigenvalue weighted by molar-refractivity contribution is -0.144. The number of hydrogen-bond acceptors (Lipinski definition) is 3. The second-order valence-corrected chi connectivity index (χ2v) is 11.2. The van der Waals surface area contributed by atoms with Crippen molar-refractivity contribution in [1.29, 1.82) is 0 Å². The topological polar surface area (TPSA) is 41.6 Å². The number of amides is 1. The minimum atomic E-state index is -0.103. The van der Waals surface area contributed by atoms with Crippen molar-refractivity contribution in [3.8, 4) is 0 Å². The molecule has 0 aromatic heterocycles. The van der Waals surface area contributed by atoms with Gasteiger partial charge in [-0.1, -0.05) is 15.9 Å². The summed E-state index contributed by atoms with van der Waals surface area (Å²) < 4.78 is 5.71. The van der Waals surface area contributed by atoms with Gasteiger partial charge in [-0.15, -0.1) is 0 Å². The van der Waals surface area contributed by atoms with Gasteiger partial charge in [0.2, 0.25) is 5.91 Å². The van der Waals surface area contributed by atoms with Crippen molar-refractivity contribution in [2.45, 2.75) is 62.2 Å². The number of carbonyl (C=O) groups excluding carboxylic acids is 1. The molecule has 2 atom stereocenters. The fourth-order valence-electron chi connectivity index (χ4n) is 6.18. The van der Waals surface area contributed by atoms with Crippen LogP contribution in [0, 0.1) is 17.3 Å². The lowest BCUT2D eigenvalue weighted by atomic mass is 9.49. The predicted octanol–water partition coefficient (Wildman–Crippen LogP) is 2.95. The fraction of sp³-hybridized carbons (Fsp3) is 0.947. The molecule has 1 aliphatic heterocycles. The molecule has 1 saturated heterocycles. The molecule has 0 aromatic carbocycles. The van der Waals surface area contributed by atoms with Crippen LogP contribution in [-0.2, 0) is 9.53 Å². The van der Waals surface area contributed by atoms with Gasteiger partial charge >= 0.3 is 0 Å². The zero-order valence-corrected chi connectivity index (χ0v) is 16.7. The molecule has 4 saturated carbocycles. The molecule has 5 heteroatoms. The average molecular weight is 399 g/mol. The van der Waals surface area contributed by atoms with Gasteiger partial charge < -0.3 is 10.1 Å². The van der Waals surface area contributed by atoms with Crippen molar-refractivity contribution in [3.63, 3.8) is 0 Å². The molecule has 4 aliphatic carbocycles. The Morgan fingerprint density at radius 1 is 1.21 bits per heavy atom. The van der Waals surface area contributed by atoms with Crippen LogP contribution in [0.4, 0.5) is 0 Å². The molecule has 1 amide bonds. The number of morpholine rings is 1. The van der Waals surface area contributed by atoms with Crippen molar-refractivity contribution >= 4 is 21.8 Å². The molecule has 4 nitrogen and oxygen atoms in total. The van der Waals surface area contributed by atoms with Crippen LogP contribution in [0.1, 0.15) is 52.4 Å². The minimum Gasteiger partial charge on any atom is -0.379 e. The normalized spacial score (nSPS) is 42.3. The Bertz CT molecular complexity index is 501. The summed E-state index contributed by atoms with van der Waals surface area (Å²) in [5.74, 6) is 1.83. The van der Waals surface area contributed by atoms with E-state index in [1.165, 1.54) is 19.3 Å². The molecule has 1 heterocycles. The molecule has 2 unspecified atom stereocenters. The van der Waals surface area contributed by atoms with Gasteiger partial charge in [-0.05, 0) is 64.2 Å². The van der Waals surface area contributed by atoms with E-state index in [-0.39, 0.29) is 15.3 Å². The first kappa shape index (κ1) is 17.3. The van der Waals surface area contributed by atoms with Crippen LogP contribution in [-0.4, -0.2) is 53.5 Å². The summed E-state index contributed by atoms with van der Waals surface area (Å²) in [5.41, 5.74) is -0.109. The first-order chi connectivity index (χ1) is 11.3. The number of carbonyl (C=O) groups is 1. The van der Waals surface area contributed by atoms with Gasteiger partial charge in [-0.25, -0.2) is 0 Å². The SMILES string of the molecule is CC(C)(CNC(=O)C12CC3CC(CC(Br)(C3)C1)C2)N1CCOCC1. The Balaban J connectivity index is 1.41. The maximum absolute atomic E-state index is 13.2. The fourth-order valence-corrected chi connectivity index (χ4v) is 7.63. The lowest BCUT2D eigenvalue weighted by Crippen LogP contribution is -2.61. The Morgan fingerprint density at radius 2 is 1.83 bits per heavy atom. The number of nitrogens with one attached hydrogen (secondary N) is 1. The highest BCUT2D eigenvalue weighted by atomic mass is 79.9. The van der Waals surface area contributed by atoms with Gasteiger partial charge in [0.1, 0.15) is 0 Å². The van der Waals surface area contributed by atoms with Crippen molar-refractivity contribution in [1.82, 2.24) is 10.2 Å². The molecule has 5 aliphatic rings. The molecule has 24 heavy (non-hydrogen) atoms. The number of alkyl halides is 1. The Morgan fingerprint density at radius 3 is 2.42 bits per heavy atom. The zero-order chi connectivity index (χ0) is 17.0. The maximum Gasteiger partial charge on any atom is 0.226 e. The Kier molecular flexibility index (Phi) is 4.29. The summed E-state index contributed by atoms with van der Waals surface area (Å²) in [5, 5.41) is 3.35. The van der Waals surface area contributed by atoms with Crippen LogP contribution < -0.4 is 5.32 Å². The van der Waals surface area contributed by atoms with Gasteiger partial charge in [-0.3, -0.25) is 9.69 Å². The largest absolute Gasteiger partial charge is 0.379 e. The Labute approximate surface area is 154 Å². The maximum atomic E-state index is 13.2. The number of rotatable bonds is 4. The van der Waals surface area contributed by atoms with E-state index in [0.29, 0.717) is 5.91 Å². The average Bonchev–Trinajstić information content (AvgIpc) is 2.51. The van der Waals surface area contributed by atoms with Crippen LogP contribution in [0.15, 0.2) is 0 Å². The molecule has 0 radical (unpaired) electrons. The lowest BCUT2D eigenvalue weighted by Gasteiger charge is -2.59. The molecule has 4 bridgehead atoms. The van der Waals surface area contributed by atoms with Gasteiger partial charge in [0, 0.05) is 29.5 Å². The smallest absolute Gasteiger partial charge is 0.226 e. The van der Waals surface area contributed by atoms with Crippen molar-refractivity contribution in [2.24, 2.45) is 17.3 Å². The molecule has 0 spiro atoms. The highest BCUT2D eigenvalue weighted by Crippen LogP contribution is 2.64. The third-order valence-electron chi connectivity index (χ3n) is 7.02. The first-order valence-electron chi connectivity index (χ1n) is 9.60. The van der Waals surface area contributed by atoms with Crippen LogP contribution >= 0.6 is 15.9 Å². The van der Waals surface area contributed by atoms with Crippen LogP contribution in [0.25, 0.3) is 0 Å². The summed E-state index contributed by atoms with van der Waals surface area (Å²) in [6, 6.07) is 0. The summed E-state index contributed by atoms with van der Waals surface area (Å²) in [6.07, 6.45) is 7.16.